The molecule has 0 aliphatic heterocycles. The molecule has 0 aliphatic rings. The first-order chi connectivity index (χ1) is 13.4. The Bertz CT molecular complexity index is 754. The zero-order valence-corrected chi connectivity index (χ0v) is 19.8. The lowest BCUT2D eigenvalue weighted by molar-refractivity contribution is 0.0636. The predicted octanol–water partition coefficient (Wildman–Crippen LogP) is 3.26. The van der Waals surface area contributed by atoms with Gasteiger partial charge in [-0.1, -0.05) is 12.1 Å². The summed E-state index contributed by atoms with van der Waals surface area (Å²) in [6.45, 7) is 7.85. The van der Waals surface area contributed by atoms with Crippen molar-refractivity contribution in [3.05, 3.63) is 48.5 Å². The Morgan fingerprint density at radius 3 is 2.45 bits per heavy atom. The Labute approximate surface area is 189 Å². The maximum Gasteiger partial charge on any atom is 0.412 e. The van der Waals surface area contributed by atoms with Crippen LogP contribution in [0.3, 0.4) is 0 Å². The van der Waals surface area contributed by atoms with Crippen LogP contribution < -0.4 is 16.0 Å². The first kappa shape index (κ1) is 24.7. The minimum Gasteiger partial charge on any atom is -0.444 e. The quantitative estimate of drug-likeness (QED) is 0.300. The minimum absolute atomic E-state index is 0. The summed E-state index contributed by atoms with van der Waals surface area (Å²) in [4.78, 5) is 20.0. The number of guanidine groups is 1. The lowest BCUT2D eigenvalue weighted by atomic mass is 10.1. The number of halogens is 1. The summed E-state index contributed by atoms with van der Waals surface area (Å²) in [5.41, 5.74) is 1.36. The smallest absolute Gasteiger partial charge is 0.412 e. The van der Waals surface area contributed by atoms with E-state index in [1.54, 1.807) is 19.6 Å². The molecule has 0 radical (unpaired) electrons. The first-order valence-corrected chi connectivity index (χ1v) is 9.35. The second-order valence-electron chi connectivity index (χ2n) is 7.30. The number of aromatic nitrogens is 2. The van der Waals surface area contributed by atoms with Gasteiger partial charge in [0, 0.05) is 44.8 Å². The molecule has 0 saturated heterocycles. The normalized spacial score (nSPS) is 11.4. The van der Waals surface area contributed by atoms with Crippen LogP contribution in [0.25, 0.3) is 0 Å². The van der Waals surface area contributed by atoms with E-state index in [4.69, 9.17) is 4.74 Å². The molecule has 0 atom stereocenters. The molecule has 1 amide bonds. The lowest BCUT2D eigenvalue weighted by Gasteiger charge is -2.19. The molecule has 0 fully saturated rings. The summed E-state index contributed by atoms with van der Waals surface area (Å²) in [5.74, 6) is 0.767. The van der Waals surface area contributed by atoms with Crippen LogP contribution in [0.15, 0.2) is 48.0 Å². The molecule has 1 aromatic carbocycles. The highest BCUT2D eigenvalue weighted by molar-refractivity contribution is 14.0. The highest BCUT2D eigenvalue weighted by Crippen LogP contribution is 2.13. The number of aliphatic imine (C=N–C) groups is 1. The van der Waals surface area contributed by atoms with E-state index in [0.29, 0.717) is 5.69 Å². The molecule has 0 bridgehead atoms. The molecule has 0 saturated carbocycles. The Balaban J connectivity index is 0.00000420. The fourth-order valence-electron chi connectivity index (χ4n) is 2.44. The van der Waals surface area contributed by atoms with Gasteiger partial charge in [0.05, 0.1) is 6.33 Å². The number of benzene rings is 1. The number of hydrogen-bond donors (Lipinski definition) is 3. The number of rotatable bonds is 7. The Morgan fingerprint density at radius 1 is 1.17 bits per heavy atom. The van der Waals surface area contributed by atoms with Crippen molar-refractivity contribution in [2.75, 3.05) is 25.5 Å². The van der Waals surface area contributed by atoms with Gasteiger partial charge in [-0.15, -0.1) is 24.0 Å². The number of carbonyl (C=O) groups excluding carboxylic acids is 1. The van der Waals surface area contributed by atoms with Gasteiger partial charge in [0.25, 0.3) is 0 Å². The summed E-state index contributed by atoms with van der Waals surface area (Å²) >= 11 is 0. The number of anilines is 1. The molecule has 2 aromatic rings. The van der Waals surface area contributed by atoms with Gasteiger partial charge >= 0.3 is 6.09 Å². The van der Waals surface area contributed by atoms with Crippen LogP contribution in [0.5, 0.6) is 0 Å². The van der Waals surface area contributed by atoms with Crippen molar-refractivity contribution in [2.45, 2.75) is 39.3 Å². The summed E-state index contributed by atoms with van der Waals surface area (Å²) < 4.78 is 7.25. The third-order valence-electron chi connectivity index (χ3n) is 3.75. The molecule has 0 aliphatic carbocycles. The fraction of sp³-hybridized carbons (Fsp3) is 0.450. The summed E-state index contributed by atoms with van der Waals surface area (Å²) in [6.07, 6.45) is 5.88. The van der Waals surface area contributed by atoms with E-state index in [2.05, 4.69) is 25.9 Å². The first-order valence-electron chi connectivity index (χ1n) is 9.35. The van der Waals surface area contributed by atoms with Crippen LogP contribution in [0.2, 0.25) is 0 Å². The number of amides is 1. The summed E-state index contributed by atoms with van der Waals surface area (Å²) in [7, 11) is 1.75. The van der Waals surface area contributed by atoms with Gasteiger partial charge in [-0.25, -0.2) is 9.78 Å². The van der Waals surface area contributed by atoms with Crippen molar-refractivity contribution in [2.24, 2.45) is 4.99 Å². The lowest BCUT2D eigenvalue weighted by Crippen LogP contribution is -2.39. The summed E-state index contributed by atoms with van der Waals surface area (Å²) in [6, 6.07) is 7.72. The van der Waals surface area contributed by atoms with Crippen LogP contribution in [0.4, 0.5) is 10.5 Å². The van der Waals surface area contributed by atoms with Crippen molar-refractivity contribution < 1.29 is 9.53 Å². The molecule has 29 heavy (non-hydrogen) atoms. The van der Waals surface area contributed by atoms with Crippen molar-refractivity contribution in [3.63, 3.8) is 0 Å². The number of imidazole rings is 1. The molecule has 3 N–H and O–H groups in total. The molecule has 9 heteroatoms. The van der Waals surface area contributed by atoms with Crippen LogP contribution in [-0.2, 0) is 17.7 Å². The average molecular weight is 514 g/mol. The van der Waals surface area contributed by atoms with Gasteiger partial charge < -0.3 is 19.9 Å². The van der Waals surface area contributed by atoms with Gasteiger partial charge in [-0.05, 0) is 44.9 Å². The van der Waals surface area contributed by atoms with Crippen molar-refractivity contribution in [1.82, 2.24) is 20.2 Å². The van der Waals surface area contributed by atoms with Crippen molar-refractivity contribution in [3.8, 4) is 0 Å². The van der Waals surface area contributed by atoms with Gasteiger partial charge in [0.1, 0.15) is 5.60 Å². The number of carbonyl (C=O) groups is 1. The third-order valence-corrected chi connectivity index (χ3v) is 3.75. The molecule has 160 valence electrons. The molecule has 0 spiro atoms. The predicted molar refractivity (Wildman–Crippen MR) is 127 cm³/mol. The van der Waals surface area contributed by atoms with E-state index in [1.807, 2.05) is 55.8 Å². The SMILES string of the molecule is CN=C(NCCc1ccc(NC(=O)OC(C)(C)C)cc1)NCCn1ccnc1.I. The van der Waals surface area contributed by atoms with Gasteiger partial charge in [0.15, 0.2) is 5.96 Å². The monoisotopic (exact) mass is 514 g/mol. The molecular weight excluding hydrogens is 483 g/mol. The zero-order valence-electron chi connectivity index (χ0n) is 17.4. The van der Waals surface area contributed by atoms with Crippen LogP contribution in [-0.4, -0.2) is 47.3 Å². The number of nitrogens with zero attached hydrogens (tertiary/aromatic N) is 3. The Kier molecular flexibility index (Phi) is 10.5. The molecule has 0 unspecified atom stereocenters. The highest BCUT2D eigenvalue weighted by Gasteiger charge is 2.16. The van der Waals surface area contributed by atoms with Gasteiger partial charge in [-0.2, -0.15) is 0 Å². The van der Waals surface area contributed by atoms with Crippen LogP contribution >= 0.6 is 24.0 Å². The number of hydrogen-bond acceptors (Lipinski definition) is 4. The van der Waals surface area contributed by atoms with Gasteiger partial charge in [0.2, 0.25) is 0 Å². The van der Waals surface area contributed by atoms with E-state index in [9.17, 15) is 4.79 Å². The minimum atomic E-state index is -0.513. The molecule has 8 nitrogen and oxygen atoms in total. The maximum absolute atomic E-state index is 11.8. The van der Waals surface area contributed by atoms with Crippen molar-refractivity contribution in [1.29, 1.82) is 0 Å². The highest BCUT2D eigenvalue weighted by atomic mass is 127. The van der Waals surface area contributed by atoms with Crippen LogP contribution in [0, 0.1) is 0 Å². The van der Waals surface area contributed by atoms with Gasteiger partial charge in [-0.3, -0.25) is 10.3 Å². The zero-order chi connectivity index (χ0) is 20.4. The van der Waals surface area contributed by atoms with E-state index in [-0.39, 0.29) is 24.0 Å². The number of ether oxygens (including phenoxy) is 1. The fourth-order valence-corrected chi connectivity index (χ4v) is 2.44. The van der Waals surface area contributed by atoms with E-state index in [0.717, 1.165) is 37.6 Å². The van der Waals surface area contributed by atoms with E-state index >= 15 is 0 Å². The topological polar surface area (TPSA) is 92.6 Å². The molecule has 1 aromatic heterocycles. The number of nitrogens with one attached hydrogen (secondary N) is 3. The Morgan fingerprint density at radius 2 is 1.86 bits per heavy atom. The van der Waals surface area contributed by atoms with E-state index in [1.165, 1.54) is 0 Å². The second kappa shape index (κ2) is 12.3. The molecule has 1 heterocycles. The van der Waals surface area contributed by atoms with E-state index < -0.39 is 11.7 Å². The maximum atomic E-state index is 11.8. The average Bonchev–Trinajstić information content (AvgIpc) is 3.13. The van der Waals surface area contributed by atoms with Crippen molar-refractivity contribution >= 4 is 41.7 Å². The standard InChI is InChI=1S/C20H30N6O2.HI/c1-20(2,3)28-19(27)25-17-7-5-16(6-8-17)9-10-23-18(21-4)24-12-14-26-13-11-22-15-26;/h5-8,11,13,15H,9-10,12,14H2,1-4H3,(H,25,27)(H2,21,23,24);1H. The molecule has 2 rings (SSSR count). The summed E-state index contributed by atoms with van der Waals surface area (Å²) in [5, 5.41) is 9.30. The molecular formula is C20H31IN6O2. The van der Waals surface area contributed by atoms with Crippen LogP contribution in [0.1, 0.15) is 26.3 Å². The Hall–Kier alpha value is -2.30. The third kappa shape index (κ3) is 10.2. The second-order valence-corrected chi connectivity index (χ2v) is 7.30. The largest absolute Gasteiger partial charge is 0.444 e.